The highest BCUT2D eigenvalue weighted by atomic mass is 16.7. The monoisotopic (exact) mass is 546 g/mol. The zero-order valence-corrected chi connectivity index (χ0v) is 23.3. The molecule has 214 valence electrons. The van der Waals surface area contributed by atoms with Crippen molar-refractivity contribution in [1.82, 2.24) is 10.3 Å². The van der Waals surface area contributed by atoms with Crippen LogP contribution in [0.2, 0.25) is 0 Å². The third-order valence-corrected chi connectivity index (χ3v) is 5.55. The number of esters is 2. The second-order valence-electron chi connectivity index (χ2n) is 8.64. The molecule has 1 aromatic carbocycles. The number of hydrogen-bond donors (Lipinski definition) is 1. The molecule has 1 amide bonds. The van der Waals surface area contributed by atoms with Gasteiger partial charge in [-0.1, -0.05) is 32.0 Å². The van der Waals surface area contributed by atoms with Crippen LogP contribution >= 0.6 is 0 Å². The van der Waals surface area contributed by atoms with Crippen molar-refractivity contribution in [3.8, 4) is 17.2 Å². The van der Waals surface area contributed by atoms with Crippen LogP contribution in [0.5, 0.6) is 17.2 Å². The summed E-state index contributed by atoms with van der Waals surface area (Å²) in [7, 11) is 1.39. The molecule has 0 aliphatic carbocycles. The molecule has 2 aromatic rings. The van der Waals surface area contributed by atoms with E-state index in [9.17, 15) is 14.4 Å². The van der Waals surface area contributed by atoms with Crippen LogP contribution in [0.15, 0.2) is 42.6 Å². The Kier molecular flexibility index (Phi) is 13.0. The molecule has 0 fully saturated rings. The number of nitrogens with zero attached hydrogens (tertiary/aromatic N) is 1. The third-order valence-electron chi connectivity index (χ3n) is 5.55. The standard InChI is InChI=1S/C28H38N2O9/c1-7-16-35-25(22(8-2)39-21-12-10-9-11-13-21)19(4)38-28(33)18(3)30-27(32)24-26(37-17-36-20(5)31)23(34-6)14-15-29-24/h9-15,18-19,22,25H,7-8,16-17H2,1-6H3,(H,30,32)/t18-,19-,22-,25-/m0/s1. The Balaban J connectivity index is 2.10. The summed E-state index contributed by atoms with van der Waals surface area (Å²) in [4.78, 5) is 41.1. The second-order valence-corrected chi connectivity index (χ2v) is 8.64. The van der Waals surface area contributed by atoms with Gasteiger partial charge in [-0.25, -0.2) is 9.78 Å². The summed E-state index contributed by atoms with van der Waals surface area (Å²) >= 11 is 0. The lowest BCUT2D eigenvalue weighted by Gasteiger charge is -2.32. The van der Waals surface area contributed by atoms with Gasteiger partial charge < -0.3 is 33.7 Å². The Morgan fingerprint density at radius 3 is 2.38 bits per heavy atom. The number of pyridine rings is 1. The number of nitrogens with one attached hydrogen (secondary N) is 1. The Morgan fingerprint density at radius 2 is 1.77 bits per heavy atom. The zero-order chi connectivity index (χ0) is 28.8. The molecule has 11 heteroatoms. The van der Waals surface area contributed by atoms with Crippen LogP contribution in [0, 0.1) is 0 Å². The van der Waals surface area contributed by atoms with E-state index in [2.05, 4.69) is 10.3 Å². The number of ether oxygens (including phenoxy) is 6. The lowest BCUT2D eigenvalue weighted by molar-refractivity contribution is -0.163. The van der Waals surface area contributed by atoms with E-state index in [1.807, 2.05) is 44.2 Å². The van der Waals surface area contributed by atoms with Crippen molar-refractivity contribution in [2.75, 3.05) is 20.5 Å². The van der Waals surface area contributed by atoms with E-state index in [0.717, 1.165) is 6.42 Å². The molecule has 39 heavy (non-hydrogen) atoms. The lowest BCUT2D eigenvalue weighted by Crippen LogP contribution is -2.47. The summed E-state index contributed by atoms with van der Waals surface area (Å²) in [6, 6.07) is 9.81. The Labute approximate surface area is 229 Å². The van der Waals surface area contributed by atoms with E-state index < -0.39 is 42.9 Å². The second kappa shape index (κ2) is 16.2. The summed E-state index contributed by atoms with van der Waals surface area (Å²) < 4.78 is 33.3. The molecular weight excluding hydrogens is 508 g/mol. The molecule has 1 N–H and O–H groups in total. The van der Waals surface area contributed by atoms with Gasteiger partial charge in [0.2, 0.25) is 6.79 Å². The lowest BCUT2D eigenvalue weighted by atomic mass is 10.1. The molecular formula is C28H38N2O9. The average molecular weight is 547 g/mol. The van der Waals surface area contributed by atoms with E-state index in [4.69, 9.17) is 28.4 Å². The number of carbonyl (C=O) groups is 3. The van der Waals surface area contributed by atoms with Gasteiger partial charge in [0.1, 0.15) is 30.1 Å². The molecule has 1 heterocycles. The van der Waals surface area contributed by atoms with Crippen LogP contribution in [-0.2, 0) is 23.8 Å². The van der Waals surface area contributed by atoms with Gasteiger partial charge in [-0.3, -0.25) is 9.59 Å². The fourth-order valence-electron chi connectivity index (χ4n) is 3.60. The molecule has 0 spiro atoms. The number of para-hydroxylation sites is 1. The first-order valence-corrected chi connectivity index (χ1v) is 12.9. The summed E-state index contributed by atoms with van der Waals surface area (Å²) in [6.07, 6.45) is 1.17. The van der Waals surface area contributed by atoms with Gasteiger partial charge in [-0.05, 0) is 38.8 Å². The normalized spacial score (nSPS) is 13.8. The number of methoxy groups -OCH3 is 1. The van der Waals surface area contributed by atoms with Gasteiger partial charge in [0.25, 0.3) is 5.91 Å². The summed E-state index contributed by atoms with van der Waals surface area (Å²) in [5.41, 5.74) is -0.152. The molecule has 4 atom stereocenters. The number of rotatable bonds is 16. The van der Waals surface area contributed by atoms with Gasteiger partial charge in [-0.2, -0.15) is 0 Å². The molecule has 2 rings (SSSR count). The van der Waals surface area contributed by atoms with E-state index in [-0.39, 0.29) is 23.3 Å². The maximum absolute atomic E-state index is 13.0. The molecule has 0 aliphatic heterocycles. The fourth-order valence-corrected chi connectivity index (χ4v) is 3.60. The predicted molar refractivity (Wildman–Crippen MR) is 142 cm³/mol. The first kappa shape index (κ1) is 31.4. The van der Waals surface area contributed by atoms with E-state index >= 15 is 0 Å². The topological polar surface area (TPSA) is 132 Å². The van der Waals surface area contributed by atoms with Crippen LogP contribution < -0.4 is 19.5 Å². The van der Waals surface area contributed by atoms with Crippen LogP contribution in [-0.4, -0.2) is 67.7 Å². The number of aromatic nitrogens is 1. The first-order chi connectivity index (χ1) is 18.7. The SMILES string of the molecule is CCCO[C@@H]([C@H](C)OC(=O)[C@H](C)NC(=O)c1nccc(OC)c1OCOC(C)=O)[C@H](CC)Oc1ccccc1. The van der Waals surface area contributed by atoms with Crippen LogP contribution in [0.3, 0.4) is 0 Å². The van der Waals surface area contributed by atoms with Crippen molar-refractivity contribution in [1.29, 1.82) is 0 Å². The molecule has 11 nitrogen and oxygen atoms in total. The molecule has 0 saturated heterocycles. The van der Waals surface area contributed by atoms with Crippen molar-refractivity contribution >= 4 is 17.8 Å². The Bertz CT molecular complexity index is 1060. The number of amides is 1. The fraction of sp³-hybridized carbons (Fsp3) is 0.500. The maximum atomic E-state index is 13.0. The quantitative estimate of drug-likeness (QED) is 0.246. The van der Waals surface area contributed by atoms with Gasteiger partial charge in [0.05, 0.1) is 7.11 Å². The minimum absolute atomic E-state index is 0.0374. The third kappa shape index (κ3) is 9.75. The molecule has 1 aromatic heterocycles. The van der Waals surface area contributed by atoms with Crippen molar-refractivity contribution in [2.45, 2.75) is 71.8 Å². The summed E-state index contributed by atoms with van der Waals surface area (Å²) in [6.45, 7) is 8.41. The molecule has 0 bridgehead atoms. The van der Waals surface area contributed by atoms with Crippen LogP contribution in [0.25, 0.3) is 0 Å². The zero-order valence-electron chi connectivity index (χ0n) is 23.3. The van der Waals surface area contributed by atoms with Crippen molar-refractivity contribution in [2.24, 2.45) is 0 Å². The Morgan fingerprint density at radius 1 is 1.05 bits per heavy atom. The first-order valence-electron chi connectivity index (χ1n) is 12.9. The molecule has 0 radical (unpaired) electrons. The predicted octanol–water partition coefficient (Wildman–Crippen LogP) is 3.69. The summed E-state index contributed by atoms with van der Waals surface area (Å²) in [5.74, 6) is -1.08. The van der Waals surface area contributed by atoms with E-state index in [0.29, 0.717) is 18.8 Å². The minimum Gasteiger partial charge on any atom is -0.493 e. The van der Waals surface area contributed by atoms with Gasteiger partial charge in [-0.15, -0.1) is 0 Å². The molecule has 0 saturated carbocycles. The molecule has 0 unspecified atom stereocenters. The molecule has 0 aliphatic rings. The number of carbonyl (C=O) groups excluding carboxylic acids is 3. The highest BCUT2D eigenvalue weighted by Gasteiger charge is 2.33. The summed E-state index contributed by atoms with van der Waals surface area (Å²) in [5, 5.41) is 2.57. The van der Waals surface area contributed by atoms with Crippen molar-refractivity contribution < 1.29 is 42.8 Å². The van der Waals surface area contributed by atoms with E-state index in [1.165, 1.54) is 33.2 Å². The smallest absolute Gasteiger partial charge is 0.328 e. The highest BCUT2D eigenvalue weighted by Crippen LogP contribution is 2.29. The highest BCUT2D eigenvalue weighted by molar-refractivity contribution is 5.98. The number of benzene rings is 1. The van der Waals surface area contributed by atoms with Crippen molar-refractivity contribution in [3.05, 3.63) is 48.3 Å². The maximum Gasteiger partial charge on any atom is 0.328 e. The van der Waals surface area contributed by atoms with Gasteiger partial charge >= 0.3 is 11.9 Å². The van der Waals surface area contributed by atoms with E-state index in [1.54, 1.807) is 6.92 Å². The van der Waals surface area contributed by atoms with Crippen LogP contribution in [0.1, 0.15) is 57.9 Å². The van der Waals surface area contributed by atoms with Gasteiger partial charge in [0, 0.05) is 25.8 Å². The number of hydrogen-bond acceptors (Lipinski definition) is 10. The van der Waals surface area contributed by atoms with Crippen molar-refractivity contribution in [3.63, 3.8) is 0 Å². The largest absolute Gasteiger partial charge is 0.493 e. The average Bonchev–Trinajstić information content (AvgIpc) is 2.92. The minimum atomic E-state index is -1.03. The van der Waals surface area contributed by atoms with Crippen LogP contribution in [0.4, 0.5) is 0 Å². The van der Waals surface area contributed by atoms with Gasteiger partial charge in [0.15, 0.2) is 17.2 Å². The Hall–Kier alpha value is -3.86.